The molecule has 6 nitrogen and oxygen atoms in total. The zero-order valence-electron chi connectivity index (χ0n) is 18.5. The van der Waals surface area contributed by atoms with Gasteiger partial charge >= 0.3 is 6.18 Å². The SMILES string of the molecule is Nc1ccc(C(=O)NC2CCC(=Cc3cccc(Oc4ccc(C(F)(F)F)cn4)c3)CC2)c(F)n1. The van der Waals surface area contributed by atoms with Gasteiger partial charge in [0.25, 0.3) is 5.91 Å². The van der Waals surface area contributed by atoms with Crippen LogP contribution in [0.3, 0.4) is 0 Å². The summed E-state index contributed by atoms with van der Waals surface area (Å²) in [5.41, 5.74) is 6.50. The molecule has 4 rings (SSSR count). The van der Waals surface area contributed by atoms with E-state index < -0.39 is 23.6 Å². The lowest BCUT2D eigenvalue weighted by molar-refractivity contribution is -0.137. The van der Waals surface area contributed by atoms with E-state index in [1.807, 2.05) is 12.1 Å². The maximum atomic E-state index is 13.9. The Balaban J connectivity index is 1.34. The summed E-state index contributed by atoms with van der Waals surface area (Å²) in [4.78, 5) is 19.6. The van der Waals surface area contributed by atoms with Crippen LogP contribution in [0.25, 0.3) is 6.08 Å². The van der Waals surface area contributed by atoms with Crippen LogP contribution in [0.4, 0.5) is 23.4 Å². The number of allylic oxidation sites excluding steroid dienone is 1. The van der Waals surface area contributed by atoms with Crippen LogP contribution in [-0.4, -0.2) is 21.9 Å². The molecule has 0 atom stereocenters. The van der Waals surface area contributed by atoms with Gasteiger partial charge in [0.2, 0.25) is 11.8 Å². The number of nitrogen functional groups attached to an aromatic ring is 1. The minimum atomic E-state index is -4.46. The second-order valence-corrected chi connectivity index (χ2v) is 8.18. The van der Waals surface area contributed by atoms with Gasteiger partial charge < -0.3 is 15.8 Å². The predicted octanol–water partition coefficient (Wildman–Crippen LogP) is 5.77. The Morgan fingerprint density at radius 3 is 2.54 bits per heavy atom. The van der Waals surface area contributed by atoms with E-state index in [0.29, 0.717) is 18.6 Å². The monoisotopic (exact) mass is 486 g/mol. The number of benzene rings is 1. The third kappa shape index (κ3) is 6.34. The van der Waals surface area contributed by atoms with Gasteiger partial charge in [0.1, 0.15) is 11.6 Å². The lowest BCUT2D eigenvalue weighted by Gasteiger charge is -2.25. The molecule has 10 heteroatoms. The van der Waals surface area contributed by atoms with Crippen LogP contribution in [0.2, 0.25) is 0 Å². The van der Waals surface area contributed by atoms with Crippen LogP contribution in [-0.2, 0) is 6.18 Å². The Morgan fingerprint density at radius 2 is 1.89 bits per heavy atom. The minimum Gasteiger partial charge on any atom is -0.439 e. The maximum absolute atomic E-state index is 13.9. The fourth-order valence-electron chi connectivity index (χ4n) is 3.79. The van der Waals surface area contributed by atoms with Crippen LogP contribution >= 0.6 is 0 Å². The van der Waals surface area contributed by atoms with Crippen LogP contribution < -0.4 is 15.8 Å². The summed E-state index contributed by atoms with van der Waals surface area (Å²) in [6, 6.07) is 11.9. The first kappa shape index (κ1) is 24.2. The minimum absolute atomic E-state index is 0.0107. The number of hydrogen-bond acceptors (Lipinski definition) is 5. The van der Waals surface area contributed by atoms with Crippen LogP contribution in [0, 0.1) is 5.95 Å². The fraction of sp³-hybridized carbons (Fsp3) is 0.240. The van der Waals surface area contributed by atoms with Gasteiger partial charge in [-0.3, -0.25) is 4.79 Å². The highest BCUT2D eigenvalue weighted by molar-refractivity contribution is 5.94. The molecule has 182 valence electrons. The zero-order chi connectivity index (χ0) is 25.0. The summed E-state index contributed by atoms with van der Waals surface area (Å²) in [6.45, 7) is 0. The fourth-order valence-corrected chi connectivity index (χ4v) is 3.79. The number of anilines is 1. The van der Waals surface area contributed by atoms with Crippen molar-refractivity contribution in [3.05, 3.63) is 82.9 Å². The van der Waals surface area contributed by atoms with E-state index in [4.69, 9.17) is 10.5 Å². The number of nitrogens with two attached hydrogens (primary N) is 1. The average Bonchev–Trinajstić information content (AvgIpc) is 2.80. The molecule has 3 N–H and O–H groups in total. The van der Waals surface area contributed by atoms with E-state index in [2.05, 4.69) is 15.3 Å². The Morgan fingerprint density at radius 1 is 1.11 bits per heavy atom. The number of pyridine rings is 2. The highest BCUT2D eigenvalue weighted by Gasteiger charge is 2.30. The third-order valence-corrected chi connectivity index (χ3v) is 5.59. The molecule has 1 saturated carbocycles. The van der Waals surface area contributed by atoms with E-state index in [0.717, 1.165) is 30.7 Å². The molecule has 0 spiro atoms. The topological polar surface area (TPSA) is 90.1 Å². The number of hydrogen-bond donors (Lipinski definition) is 2. The first-order chi connectivity index (χ1) is 16.7. The van der Waals surface area contributed by atoms with Gasteiger partial charge in [-0.05, 0) is 61.6 Å². The Bertz CT molecular complexity index is 1230. The number of halogens is 4. The number of carbonyl (C=O) groups is 1. The van der Waals surface area contributed by atoms with Gasteiger partial charge in [-0.1, -0.05) is 23.8 Å². The number of amides is 1. The van der Waals surface area contributed by atoms with Crippen molar-refractivity contribution in [1.29, 1.82) is 0 Å². The van der Waals surface area contributed by atoms with Crippen molar-refractivity contribution >= 4 is 17.8 Å². The van der Waals surface area contributed by atoms with Gasteiger partial charge in [-0.2, -0.15) is 17.6 Å². The average molecular weight is 486 g/mol. The van der Waals surface area contributed by atoms with Gasteiger partial charge in [0.05, 0.1) is 11.1 Å². The lowest BCUT2D eigenvalue weighted by Crippen LogP contribution is -2.37. The second-order valence-electron chi connectivity index (χ2n) is 8.18. The van der Waals surface area contributed by atoms with Gasteiger partial charge in [0.15, 0.2) is 0 Å². The molecular weight excluding hydrogens is 464 g/mol. The predicted molar refractivity (Wildman–Crippen MR) is 122 cm³/mol. The van der Waals surface area contributed by atoms with Crippen LogP contribution in [0.1, 0.15) is 47.2 Å². The van der Waals surface area contributed by atoms with Crippen molar-refractivity contribution in [1.82, 2.24) is 15.3 Å². The molecule has 0 unspecified atom stereocenters. The summed E-state index contributed by atoms with van der Waals surface area (Å²) in [6.07, 6.45) is 1.20. The highest BCUT2D eigenvalue weighted by atomic mass is 19.4. The van der Waals surface area contributed by atoms with E-state index in [9.17, 15) is 22.4 Å². The zero-order valence-corrected chi connectivity index (χ0v) is 18.5. The molecule has 0 saturated heterocycles. The molecule has 1 amide bonds. The smallest absolute Gasteiger partial charge is 0.417 e. The number of nitrogens with zero attached hydrogens (tertiary/aromatic N) is 2. The largest absolute Gasteiger partial charge is 0.439 e. The standard InChI is InChI=1S/C25H22F4N4O2/c26-23-20(9-10-21(30)33-23)24(34)32-18-7-4-15(5-8-18)12-16-2-1-3-19(13-16)35-22-11-6-17(14-31-22)25(27,28)29/h1-3,6,9-14,18H,4-5,7-8H2,(H2,30,33)(H,32,34). The van der Waals surface area contributed by atoms with Crippen molar-refractivity contribution in [2.75, 3.05) is 5.73 Å². The molecule has 0 radical (unpaired) electrons. The van der Waals surface area contributed by atoms with Crippen molar-refractivity contribution in [2.45, 2.75) is 37.9 Å². The van der Waals surface area contributed by atoms with Crippen molar-refractivity contribution in [3.8, 4) is 11.6 Å². The number of rotatable bonds is 5. The molecule has 3 aromatic rings. The van der Waals surface area contributed by atoms with Gasteiger partial charge in [0, 0.05) is 18.3 Å². The molecule has 0 aliphatic heterocycles. The van der Waals surface area contributed by atoms with E-state index >= 15 is 0 Å². The summed E-state index contributed by atoms with van der Waals surface area (Å²) < 4.78 is 57.5. The first-order valence-electron chi connectivity index (χ1n) is 10.9. The third-order valence-electron chi connectivity index (χ3n) is 5.59. The summed E-state index contributed by atoms with van der Waals surface area (Å²) in [7, 11) is 0. The lowest BCUT2D eigenvalue weighted by atomic mass is 9.89. The van der Waals surface area contributed by atoms with Gasteiger partial charge in [-0.15, -0.1) is 0 Å². The van der Waals surface area contributed by atoms with Crippen molar-refractivity contribution < 1.29 is 27.1 Å². The van der Waals surface area contributed by atoms with Crippen molar-refractivity contribution in [2.24, 2.45) is 0 Å². The number of aromatic nitrogens is 2. The van der Waals surface area contributed by atoms with Crippen LogP contribution in [0.5, 0.6) is 11.6 Å². The highest BCUT2D eigenvalue weighted by Crippen LogP contribution is 2.31. The van der Waals surface area contributed by atoms with Gasteiger partial charge in [-0.25, -0.2) is 9.97 Å². The Kier molecular flexibility index (Phi) is 6.99. The number of ether oxygens (including phenoxy) is 1. The second kappa shape index (κ2) is 10.1. The number of carbonyl (C=O) groups excluding carboxylic acids is 1. The molecule has 0 bridgehead atoms. The first-order valence-corrected chi connectivity index (χ1v) is 10.9. The molecule has 1 fully saturated rings. The summed E-state index contributed by atoms with van der Waals surface area (Å²) in [5.74, 6) is -0.892. The molecule has 2 heterocycles. The van der Waals surface area contributed by atoms with E-state index in [1.54, 1.807) is 18.2 Å². The maximum Gasteiger partial charge on any atom is 0.417 e. The Labute approximate surface area is 198 Å². The molecule has 1 aliphatic carbocycles. The van der Waals surface area contributed by atoms with E-state index in [1.165, 1.54) is 23.8 Å². The summed E-state index contributed by atoms with van der Waals surface area (Å²) in [5, 5.41) is 2.85. The quantitative estimate of drug-likeness (QED) is 0.353. The molecule has 1 aromatic carbocycles. The number of alkyl halides is 3. The molecule has 1 aliphatic rings. The van der Waals surface area contributed by atoms with Crippen LogP contribution in [0.15, 0.2) is 60.3 Å². The molecule has 2 aromatic heterocycles. The van der Waals surface area contributed by atoms with Crippen molar-refractivity contribution in [3.63, 3.8) is 0 Å². The molecular formula is C25H22F4N4O2. The Hall–Kier alpha value is -3.95. The normalized spacial score (nSPS) is 16.0. The molecule has 35 heavy (non-hydrogen) atoms. The number of nitrogens with one attached hydrogen (secondary N) is 1. The van der Waals surface area contributed by atoms with E-state index in [-0.39, 0.29) is 23.3 Å². The summed E-state index contributed by atoms with van der Waals surface area (Å²) >= 11 is 0.